The molecule has 2 aromatic heterocycles. The molecule has 3 heterocycles. The van der Waals surface area contributed by atoms with Crippen molar-refractivity contribution in [3.05, 3.63) is 65.4 Å². The Kier molecular flexibility index (Phi) is 4.94. The highest BCUT2D eigenvalue weighted by Crippen LogP contribution is 2.27. The number of piperazine rings is 1. The van der Waals surface area contributed by atoms with E-state index >= 15 is 0 Å². The van der Waals surface area contributed by atoms with Crippen LogP contribution in [0.25, 0.3) is 21.5 Å². The van der Waals surface area contributed by atoms with E-state index in [0.29, 0.717) is 50.0 Å². The zero-order valence-corrected chi connectivity index (χ0v) is 17.0. The minimum absolute atomic E-state index is 0.0214. The molecule has 1 saturated heterocycles. The number of carbonyl (C=O) groups excluding carboxylic acids is 1. The van der Waals surface area contributed by atoms with E-state index in [9.17, 15) is 9.90 Å². The van der Waals surface area contributed by atoms with Crippen LogP contribution in [0.1, 0.15) is 16.2 Å². The maximum atomic E-state index is 13.0. The molecule has 0 spiro atoms. The van der Waals surface area contributed by atoms with Crippen molar-refractivity contribution in [3.8, 4) is 16.5 Å². The average molecular weight is 420 g/mol. The predicted octanol–water partition coefficient (Wildman–Crippen LogP) is 3.61. The van der Waals surface area contributed by atoms with Crippen LogP contribution >= 0.6 is 11.3 Å². The van der Waals surface area contributed by atoms with E-state index in [4.69, 9.17) is 4.52 Å². The van der Waals surface area contributed by atoms with Gasteiger partial charge in [0.25, 0.3) is 5.91 Å². The summed E-state index contributed by atoms with van der Waals surface area (Å²) in [6, 6.07) is 15.0. The fourth-order valence-electron chi connectivity index (χ4n) is 3.70. The van der Waals surface area contributed by atoms with Crippen molar-refractivity contribution in [3.63, 3.8) is 0 Å². The third-order valence-corrected chi connectivity index (χ3v) is 6.19. The SMILES string of the molecule is O=C(c1cc2ccccc2cc1O)N1CCN(Cc2nc(-c3cccs3)no2)CC1. The van der Waals surface area contributed by atoms with Crippen molar-refractivity contribution in [1.29, 1.82) is 0 Å². The van der Waals surface area contributed by atoms with Crippen LogP contribution in [-0.4, -0.2) is 57.1 Å². The Hall–Kier alpha value is -3.23. The lowest BCUT2D eigenvalue weighted by Crippen LogP contribution is -2.48. The van der Waals surface area contributed by atoms with E-state index in [1.165, 1.54) is 0 Å². The molecule has 1 aliphatic rings. The summed E-state index contributed by atoms with van der Waals surface area (Å²) in [4.78, 5) is 22.4. The molecule has 1 fully saturated rings. The van der Waals surface area contributed by atoms with Gasteiger partial charge in [0.05, 0.1) is 17.0 Å². The fraction of sp³-hybridized carbons (Fsp3) is 0.227. The Labute approximate surface area is 177 Å². The van der Waals surface area contributed by atoms with Crippen LogP contribution in [0.5, 0.6) is 5.75 Å². The lowest BCUT2D eigenvalue weighted by molar-refractivity contribution is 0.0612. The van der Waals surface area contributed by atoms with Crippen LogP contribution in [0.2, 0.25) is 0 Å². The van der Waals surface area contributed by atoms with E-state index in [2.05, 4.69) is 15.0 Å². The van der Waals surface area contributed by atoms with Gasteiger partial charge in [-0.15, -0.1) is 11.3 Å². The predicted molar refractivity (Wildman–Crippen MR) is 114 cm³/mol. The molecule has 1 aliphatic heterocycles. The molecule has 0 aliphatic carbocycles. The quantitative estimate of drug-likeness (QED) is 0.543. The first-order chi connectivity index (χ1) is 14.7. The maximum Gasteiger partial charge on any atom is 0.257 e. The summed E-state index contributed by atoms with van der Waals surface area (Å²) in [5, 5.41) is 18.2. The molecular weight excluding hydrogens is 400 g/mol. The van der Waals surface area contributed by atoms with Gasteiger partial charge in [0.2, 0.25) is 11.7 Å². The zero-order valence-electron chi connectivity index (χ0n) is 16.2. The van der Waals surface area contributed by atoms with Gasteiger partial charge in [0.1, 0.15) is 5.75 Å². The van der Waals surface area contributed by atoms with E-state index in [1.54, 1.807) is 28.4 Å². The second kappa shape index (κ2) is 7.89. The van der Waals surface area contributed by atoms with Gasteiger partial charge in [-0.1, -0.05) is 35.5 Å². The number of amides is 1. The number of rotatable bonds is 4. The van der Waals surface area contributed by atoms with Gasteiger partial charge in [-0.25, -0.2) is 0 Å². The Morgan fingerprint density at radius 1 is 1.07 bits per heavy atom. The van der Waals surface area contributed by atoms with Crippen molar-refractivity contribution in [2.45, 2.75) is 6.54 Å². The van der Waals surface area contributed by atoms with Gasteiger partial charge in [-0.2, -0.15) is 4.98 Å². The van der Waals surface area contributed by atoms with Gasteiger partial charge in [0.15, 0.2) is 0 Å². The summed E-state index contributed by atoms with van der Waals surface area (Å²) in [7, 11) is 0. The molecule has 8 heteroatoms. The number of carbonyl (C=O) groups is 1. The van der Waals surface area contributed by atoms with Crippen molar-refractivity contribution in [2.24, 2.45) is 0 Å². The number of phenolic OH excluding ortho intramolecular Hbond substituents is 1. The lowest BCUT2D eigenvalue weighted by atomic mass is 10.0. The molecule has 0 unspecified atom stereocenters. The van der Waals surface area contributed by atoms with Gasteiger partial charge in [0, 0.05) is 26.2 Å². The van der Waals surface area contributed by atoms with E-state index in [-0.39, 0.29) is 11.7 Å². The van der Waals surface area contributed by atoms with Crippen molar-refractivity contribution >= 4 is 28.0 Å². The zero-order chi connectivity index (χ0) is 20.5. The van der Waals surface area contributed by atoms with E-state index in [1.807, 2.05) is 41.8 Å². The normalized spacial score (nSPS) is 15.0. The molecule has 2 aromatic carbocycles. The van der Waals surface area contributed by atoms with Gasteiger partial charge < -0.3 is 14.5 Å². The number of thiophene rings is 1. The number of hydrogen-bond donors (Lipinski definition) is 1. The third-order valence-electron chi connectivity index (χ3n) is 5.32. The van der Waals surface area contributed by atoms with Crippen LogP contribution < -0.4 is 0 Å². The molecule has 0 atom stereocenters. The molecule has 1 N–H and O–H groups in total. The second-order valence-electron chi connectivity index (χ2n) is 7.27. The van der Waals surface area contributed by atoms with Crippen LogP contribution in [0.4, 0.5) is 0 Å². The Morgan fingerprint density at radius 3 is 2.57 bits per heavy atom. The standard InChI is InChI=1S/C22H20N4O3S/c27-18-13-16-5-2-1-4-15(16)12-17(18)22(28)26-9-7-25(8-10-26)14-20-23-21(24-29-20)19-6-3-11-30-19/h1-6,11-13,27H,7-10,14H2. The first-order valence-electron chi connectivity index (χ1n) is 9.77. The third kappa shape index (κ3) is 3.67. The number of benzene rings is 2. The summed E-state index contributed by atoms with van der Waals surface area (Å²) in [5.41, 5.74) is 0.347. The van der Waals surface area contributed by atoms with Crippen molar-refractivity contribution in [1.82, 2.24) is 19.9 Å². The van der Waals surface area contributed by atoms with E-state index < -0.39 is 0 Å². The molecule has 4 aromatic rings. The molecule has 5 rings (SSSR count). The monoisotopic (exact) mass is 420 g/mol. The summed E-state index contributed by atoms with van der Waals surface area (Å²) in [5.74, 6) is 1.06. The van der Waals surface area contributed by atoms with Crippen LogP contribution in [-0.2, 0) is 6.54 Å². The molecule has 30 heavy (non-hydrogen) atoms. The van der Waals surface area contributed by atoms with Crippen LogP contribution in [0.15, 0.2) is 58.4 Å². The molecule has 7 nitrogen and oxygen atoms in total. The molecule has 0 bridgehead atoms. The largest absolute Gasteiger partial charge is 0.507 e. The summed E-state index contributed by atoms with van der Waals surface area (Å²) >= 11 is 1.58. The fourth-order valence-corrected chi connectivity index (χ4v) is 4.34. The maximum absolute atomic E-state index is 13.0. The van der Waals surface area contributed by atoms with Gasteiger partial charge in [-0.3, -0.25) is 9.69 Å². The number of aromatic hydroxyl groups is 1. The van der Waals surface area contributed by atoms with Crippen molar-refractivity contribution < 1.29 is 14.4 Å². The van der Waals surface area contributed by atoms with Gasteiger partial charge >= 0.3 is 0 Å². The number of phenols is 1. The number of aromatic nitrogens is 2. The lowest BCUT2D eigenvalue weighted by Gasteiger charge is -2.34. The summed E-state index contributed by atoms with van der Waals surface area (Å²) in [6.45, 7) is 3.13. The minimum atomic E-state index is -0.143. The highest BCUT2D eigenvalue weighted by atomic mass is 32.1. The van der Waals surface area contributed by atoms with E-state index in [0.717, 1.165) is 15.6 Å². The number of nitrogens with zero attached hydrogens (tertiary/aromatic N) is 4. The Balaban J connectivity index is 1.23. The number of fused-ring (bicyclic) bond motifs is 1. The summed E-state index contributed by atoms with van der Waals surface area (Å²) < 4.78 is 5.38. The minimum Gasteiger partial charge on any atom is -0.507 e. The number of hydrogen-bond acceptors (Lipinski definition) is 7. The Morgan fingerprint density at radius 2 is 1.83 bits per heavy atom. The molecule has 1 amide bonds. The molecule has 0 saturated carbocycles. The summed E-state index contributed by atoms with van der Waals surface area (Å²) in [6.07, 6.45) is 0. The highest BCUT2D eigenvalue weighted by molar-refractivity contribution is 7.13. The molecule has 0 radical (unpaired) electrons. The smallest absolute Gasteiger partial charge is 0.257 e. The van der Waals surface area contributed by atoms with Crippen LogP contribution in [0, 0.1) is 0 Å². The first-order valence-corrected chi connectivity index (χ1v) is 10.7. The first kappa shape index (κ1) is 18.8. The Bertz CT molecular complexity index is 1180. The molecule has 152 valence electrons. The van der Waals surface area contributed by atoms with Gasteiger partial charge in [-0.05, 0) is 34.4 Å². The van der Waals surface area contributed by atoms with Crippen LogP contribution in [0.3, 0.4) is 0 Å². The molecular formula is C22H20N4O3S. The second-order valence-corrected chi connectivity index (χ2v) is 8.22. The van der Waals surface area contributed by atoms with Crippen molar-refractivity contribution in [2.75, 3.05) is 26.2 Å². The average Bonchev–Trinajstić information content (AvgIpc) is 3.45. The topological polar surface area (TPSA) is 82.7 Å². The highest BCUT2D eigenvalue weighted by Gasteiger charge is 2.25.